The predicted molar refractivity (Wildman–Crippen MR) is 125 cm³/mol. The van der Waals surface area contributed by atoms with Crippen molar-refractivity contribution in [2.75, 3.05) is 6.61 Å². The lowest BCUT2D eigenvalue weighted by Gasteiger charge is -2.44. The van der Waals surface area contributed by atoms with Crippen LogP contribution in [0.5, 0.6) is 0 Å². The minimum atomic E-state index is -0.744. The Bertz CT molecular complexity index is 778. The number of hydrogen-bond acceptors (Lipinski definition) is 3. The molecule has 1 heterocycles. The largest absolute Gasteiger partial charge is 0.343 e. The Kier molecular flexibility index (Phi) is 7.96. The summed E-state index contributed by atoms with van der Waals surface area (Å²) in [6.07, 6.45) is 17.4. The van der Waals surface area contributed by atoms with Gasteiger partial charge in [-0.25, -0.2) is 4.89 Å². The van der Waals surface area contributed by atoms with Gasteiger partial charge in [-0.15, -0.1) is 0 Å². The van der Waals surface area contributed by atoms with Gasteiger partial charge < -0.3 is 4.74 Å². The van der Waals surface area contributed by atoms with Crippen LogP contribution in [0.3, 0.4) is 0 Å². The van der Waals surface area contributed by atoms with Gasteiger partial charge in [0.25, 0.3) is 0 Å². The second-order valence-corrected chi connectivity index (χ2v) is 9.05. The summed E-state index contributed by atoms with van der Waals surface area (Å²) in [6, 6.07) is 20.6. The average molecular weight is 421 g/mol. The summed E-state index contributed by atoms with van der Waals surface area (Å²) in [4.78, 5) is 12.5. The first-order chi connectivity index (χ1) is 15.3. The van der Waals surface area contributed by atoms with Crippen molar-refractivity contribution in [1.29, 1.82) is 0 Å². The van der Waals surface area contributed by atoms with E-state index in [9.17, 15) is 0 Å². The Morgan fingerprint density at radius 1 is 0.613 bits per heavy atom. The molecule has 2 fully saturated rings. The van der Waals surface area contributed by atoms with Crippen molar-refractivity contribution in [3.8, 4) is 0 Å². The van der Waals surface area contributed by atoms with Gasteiger partial charge in [0.1, 0.15) is 0 Å². The molecule has 0 aromatic heterocycles. The van der Waals surface area contributed by atoms with E-state index < -0.39 is 11.4 Å². The third-order valence-electron chi connectivity index (χ3n) is 6.61. The molecule has 1 aliphatic carbocycles. The number of rotatable bonds is 3. The van der Waals surface area contributed by atoms with Gasteiger partial charge in [-0.1, -0.05) is 112 Å². The molecule has 1 atom stereocenters. The fraction of sp³-hybridized carbons (Fsp3) is 0.500. The molecular weight excluding hydrogens is 384 g/mol. The fourth-order valence-corrected chi connectivity index (χ4v) is 4.63. The van der Waals surface area contributed by atoms with Crippen LogP contribution in [0.15, 0.2) is 66.7 Å². The van der Waals surface area contributed by atoms with Crippen molar-refractivity contribution in [3.05, 3.63) is 77.9 Å². The van der Waals surface area contributed by atoms with Crippen molar-refractivity contribution in [2.24, 2.45) is 0 Å². The molecule has 3 nitrogen and oxygen atoms in total. The highest BCUT2D eigenvalue weighted by atomic mass is 17.2. The molecule has 31 heavy (non-hydrogen) atoms. The fourth-order valence-electron chi connectivity index (χ4n) is 4.63. The Balaban J connectivity index is 1.51. The van der Waals surface area contributed by atoms with Gasteiger partial charge in [0, 0.05) is 12.8 Å². The molecule has 0 amide bonds. The van der Waals surface area contributed by atoms with Crippen molar-refractivity contribution >= 4 is 6.08 Å². The normalized spacial score (nSPS) is 25.7. The van der Waals surface area contributed by atoms with E-state index >= 15 is 0 Å². The average Bonchev–Trinajstić information content (AvgIpc) is 2.83. The molecule has 1 saturated heterocycles. The smallest absolute Gasteiger partial charge is 0.201 e. The highest BCUT2D eigenvalue weighted by Gasteiger charge is 2.46. The van der Waals surface area contributed by atoms with Crippen LogP contribution in [0.4, 0.5) is 0 Å². The third-order valence-corrected chi connectivity index (χ3v) is 6.61. The molecule has 2 aromatic rings. The van der Waals surface area contributed by atoms with Gasteiger partial charge in [-0.05, 0) is 30.0 Å². The van der Waals surface area contributed by atoms with Gasteiger partial charge in [-0.2, -0.15) is 4.89 Å². The van der Waals surface area contributed by atoms with E-state index in [-0.39, 0.29) is 0 Å². The van der Waals surface area contributed by atoms with Gasteiger partial charge in [-0.3, -0.25) is 0 Å². The second kappa shape index (κ2) is 11.1. The predicted octanol–water partition coefficient (Wildman–Crippen LogP) is 7.57. The first-order valence-corrected chi connectivity index (χ1v) is 12.1. The van der Waals surface area contributed by atoms with Crippen molar-refractivity contribution in [3.63, 3.8) is 0 Å². The van der Waals surface area contributed by atoms with Crippen LogP contribution in [0.2, 0.25) is 0 Å². The standard InChI is InChI=1S/C28H36O3/c1-2-4-6-14-21-28(22-15-7-5-3-1)29-24-27(30-31-28,26-18-12-9-13-19-26)23-20-25-16-10-8-11-17-25/h8-13,16-20,23H,1-7,14-15,21-22,24H2/b23-20-. The van der Waals surface area contributed by atoms with Crippen LogP contribution in [-0.4, -0.2) is 12.4 Å². The molecular formula is C28H36O3. The Hall–Kier alpha value is -1.94. The van der Waals surface area contributed by atoms with Crippen LogP contribution >= 0.6 is 0 Å². The molecule has 1 spiro atoms. The first-order valence-electron chi connectivity index (χ1n) is 12.1. The molecule has 1 unspecified atom stereocenters. The number of ether oxygens (including phenoxy) is 1. The summed E-state index contributed by atoms with van der Waals surface area (Å²) in [5.41, 5.74) is 1.43. The van der Waals surface area contributed by atoms with Crippen LogP contribution in [0.25, 0.3) is 6.08 Å². The Labute approximate surface area is 187 Å². The summed E-state index contributed by atoms with van der Waals surface area (Å²) in [5, 5.41) is 0. The maximum Gasteiger partial charge on any atom is 0.201 e. The van der Waals surface area contributed by atoms with Crippen LogP contribution in [-0.2, 0) is 20.1 Å². The molecule has 1 saturated carbocycles. The summed E-state index contributed by atoms with van der Waals surface area (Å²) in [5.74, 6) is -0.613. The summed E-state index contributed by atoms with van der Waals surface area (Å²) >= 11 is 0. The Morgan fingerprint density at radius 3 is 1.71 bits per heavy atom. The highest BCUT2D eigenvalue weighted by Crippen LogP contribution is 2.41. The van der Waals surface area contributed by atoms with Gasteiger partial charge >= 0.3 is 0 Å². The molecule has 4 rings (SSSR count). The van der Waals surface area contributed by atoms with Crippen LogP contribution in [0.1, 0.15) is 81.8 Å². The second-order valence-electron chi connectivity index (χ2n) is 9.05. The molecule has 0 bridgehead atoms. The summed E-state index contributed by atoms with van der Waals surface area (Å²) in [6.45, 7) is 0.459. The summed E-state index contributed by atoms with van der Waals surface area (Å²) in [7, 11) is 0. The third kappa shape index (κ3) is 6.06. The quantitative estimate of drug-likeness (QED) is 0.479. The van der Waals surface area contributed by atoms with Crippen molar-refractivity contribution in [1.82, 2.24) is 0 Å². The van der Waals surface area contributed by atoms with E-state index in [4.69, 9.17) is 14.5 Å². The maximum absolute atomic E-state index is 6.57. The highest BCUT2D eigenvalue weighted by molar-refractivity contribution is 5.51. The Morgan fingerprint density at radius 2 is 1.16 bits per heavy atom. The zero-order chi connectivity index (χ0) is 21.2. The molecule has 3 heteroatoms. The van der Waals surface area contributed by atoms with E-state index in [1.807, 2.05) is 36.4 Å². The lowest BCUT2D eigenvalue weighted by atomic mass is 9.92. The van der Waals surface area contributed by atoms with E-state index in [0.29, 0.717) is 6.61 Å². The molecule has 0 N–H and O–H groups in total. The van der Waals surface area contributed by atoms with E-state index in [1.54, 1.807) is 0 Å². The minimum absolute atomic E-state index is 0.459. The van der Waals surface area contributed by atoms with Gasteiger partial charge in [0.2, 0.25) is 5.79 Å². The van der Waals surface area contributed by atoms with Crippen LogP contribution in [0, 0.1) is 0 Å². The van der Waals surface area contributed by atoms with Crippen molar-refractivity contribution < 1.29 is 14.5 Å². The molecule has 166 valence electrons. The number of benzene rings is 2. The van der Waals surface area contributed by atoms with E-state index in [1.165, 1.54) is 44.9 Å². The topological polar surface area (TPSA) is 27.7 Å². The van der Waals surface area contributed by atoms with Gasteiger partial charge in [0.15, 0.2) is 5.60 Å². The minimum Gasteiger partial charge on any atom is -0.343 e. The maximum atomic E-state index is 6.57. The molecule has 0 radical (unpaired) electrons. The van der Waals surface area contributed by atoms with Gasteiger partial charge in [0.05, 0.1) is 6.61 Å². The lowest BCUT2D eigenvalue weighted by molar-refractivity contribution is -0.511. The summed E-state index contributed by atoms with van der Waals surface area (Å²) < 4.78 is 6.57. The molecule has 2 aliphatic rings. The van der Waals surface area contributed by atoms with E-state index in [2.05, 4.69) is 36.4 Å². The zero-order valence-electron chi connectivity index (χ0n) is 18.6. The van der Waals surface area contributed by atoms with E-state index in [0.717, 1.165) is 36.8 Å². The number of hydrogen-bond donors (Lipinski definition) is 0. The monoisotopic (exact) mass is 420 g/mol. The first kappa shape index (κ1) is 22.3. The zero-order valence-corrected chi connectivity index (χ0v) is 18.6. The molecule has 1 aliphatic heterocycles. The molecule has 2 aromatic carbocycles. The van der Waals surface area contributed by atoms with Crippen molar-refractivity contribution in [2.45, 2.75) is 82.0 Å². The van der Waals surface area contributed by atoms with Crippen LogP contribution < -0.4 is 0 Å². The SMILES string of the molecule is C(=C/C1(c2ccccc2)COC2(CCCCCCCCCCC2)OO1)/c1ccccc1. The lowest BCUT2D eigenvalue weighted by Crippen LogP contribution is -2.49.